The van der Waals surface area contributed by atoms with Crippen LogP contribution in [-0.4, -0.2) is 11.5 Å². The van der Waals surface area contributed by atoms with Crippen LogP contribution in [0.1, 0.15) is 17.4 Å². The van der Waals surface area contributed by atoms with Gasteiger partial charge >= 0.3 is 0 Å². The molecule has 0 aliphatic carbocycles. The third-order valence-corrected chi connectivity index (χ3v) is 2.58. The van der Waals surface area contributed by atoms with Gasteiger partial charge in [-0.05, 0) is 36.8 Å². The van der Waals surface area contributed by atoms with E-state index >= 15 is 0 Å². The van der Waals surface area contributed by atoms with Gasteiger partial charge < -0.3 is 9.73 Å². The van der Waals surface area contributed by atoms with E-state index in [1.54, 1.807) is 12.1 Å². The maximum absolute atomic E-state index is 10.7. The first kappa shape index (κ1) is 12.2. The minimum atomic E-state index is -0.461. The van der Waals surface area contributed by atoms with Crippen LogP contribution < -0.4 is 5.32 Å². The predicted molar refractivity (Wildman–Crippen MR) is 68.1 cm³/mol. The molecular formula is C13H14N2O3. The Morgan fingerprint density at radius 1 is 1.39 bits per heavy atom. The van der Waals surface area contributed by atoms with E-state index in [9.17, 15) is 10.1 Å². The highest BCUT2D eigenvalue weighted by Crippen LogP contribution is 2.21. The second-order valence-electron chi connectivity index (χ2n) is 4.10. The van der Waals surface area contributed by atoms with Gasteiger partial charge in [-0.15, -0.1) is 0 Å². The summed E-state index contributed by atoms with van der Waals surface area (Å²) < 4.78 is 5.23. The second-order valence-corrected chi connectivity index (χ2v) is 4.10. The standard InChI is InChI=1S/C13H14N2O3/c1-10-4-2-5-11(8-10)14-12(9-15(16)17)13-6-3-7-18-13/h2-8,12,14H,9H2,1H3. The zero-order chi connectivity index (χ0) is 13.0. The minimum Gasteiger partial charge on any atom is -0.467 e. The molecule has 0 saturated carbocycles. The maximum atomic E-state index is 10.7. The molecule has 1 atom stereocenters. The molecule has 0 spiro atoms. The van der Waals surface area contributed by atoms with E-state index in [0.29, 0.717) is 5.76 Å². The predicted octanol–water partition coefficient (Wildman–Crippen LogP) is 3.02. The van der Waals surface area contributed by atoms with Crippen molar-refractivity contribution in [3.63, 3.8) is 0 Å². The van der Waals surface area contributed by atoms with Gasteiger partial charge in [-0.2, -0.15) is 0 Å². The lowest BCUT2D eigenvalue weighted by molar-refractivity contribution is -0.482. The van der Waals surface area contributed by atoms with E-state index in [4.69, 9.17) is 4.42 Å². The lowest BCUT2D eigenvalue weighted by Gasteiger charge is -2.14. The number of nitrogens with zero attached hydrogens (tertiary/aromatic N) is 1. The third-order valence-electron chi connectivity index (χ3n) is 2.58. The molecule has 1 heterocycles. The zero-order valence-electron chi connectivity index (χ0n) is 10.00. The average molecular weight is 246 g/mol. The van der Waals surface area contributed by atoms with Crippen molar-refractivity contribution in [1.82, 2.24) is 0 Å². The molecule has 0 aliphatic heterocycles. The number of rotatable bonds is 5. The van der Waals surface area contributed by atoms with Gasteiger partial charge in [0.15, 0.2) is 0 Å². The summed E-state index contributed by atoms with van der Waals surface area (Å²) >= 11 is 0. The zero-order valence-corrected chi connectivity index (χ0v) is 10.00. The van der Waals surface area contributed by atoms with Crippen LogP contribution in [0.25, 0.3) is 0 Å². The summed E-state index contributed by atoms with van der Waals surface area (Å²) in [7, 11) is 0. The van der Waals surface area contributed by atoms with Crippen molar-refractivity contribution in [3.05, 3.63) is 64.1 Å². The largest absolute Gasteiger partial charge is 0.467 e. The van der Waals surface area contributed by atoms with Crippen molar-refractivity contribution in [2.45, 2.75) is 13.0 Å². The third kappa shape index (κ3) is 3.10. The summed E-state index contributed by atoms with van der Waals surface area (Å²) in [6, 6.07) is 10.7. The molecule has 2 rings (SSSR count). The van der Waals surface area contributed by atoms with Crippen molar-refractivity contribution in [3.8, 4) is 0 Å². The molecule has 0 fully saturated rings. The summed E-state index contributed by atoms with van der Waals surface area (Å²) in [6.07, 6.45) is 1.51. The van der Waals surface area contributed by atoms with Crippen LogP contribution in [0.3, 0.4) is 0 Å². The van der Waals surface area contributed by atoms with E-state index in [1.165, 1.54) is 6.26 Å². The van der Waals surface area contributed by atoms with Crippen LogP contribution in [0.2, 0.25) is 0 Å². The monoisotopic (exact) mass is 246 g/mol. The summed E-state index contributed by atoms with van der Waals surface area (Å²) in [6.45, 7) is 1.75. The minimum absolute atomic E-state index is 0.221. The number of hydrogen-bond donors (Lipinski definition) is 1. The van der Waals surface area contributed by atoms with Crippen LogP contribution in [0.4, 0.5) is 5.69 Å². The van der Waals surface area contributed by atoms with E-state index in [-0.39, 0.29) is 11.5 Å². The Labute approximate surface area is 105 Å². The Balaban J connectivity index is 2.17. The van der Waals surface area contributed by atoms with Crippen LogP contribution in [0.5, 0.6) is 0 Å². The van der Waals surface area contributed by atoms with Gasteiger partial charge in [0.2, 0.25) is 6.54 Å². The van der Waals surface area contributed by atoms with Gasteiger partial charge in [0, 0.05) is 10.6 Å². The summed E-state index contributed by atoms with van der Waals surface area (Å²) in [5, 5.41) is 13.8. The Morgan fingerprint density at radius 3 is 2.83 bits per heavy atom. The van der Waals surface area contributed by atoms with E-state index in [1.807, 2.05) is 31.2 Å². The fraction of sp³-hybridized carbons (Fsp3) is 0.231. The number of hydrogen-bond acceptors (Lipinski definition) is 4. The van der Waals surface area contributed by atoms with Gasteiger partial charge in [0.25, 0.3) is 0 Å². The maximum Gasteiger partial charge on any atom is 0.231 e. The first-order valence-electron chi connectivity index (χ1n) is 5.63. The Kier molecular flexibility index (Phi) is 3.62. The highest BCUT2D eigenvalue weighted by Gasteiger charge is 2.20. The first-order valence-corrected chi connectivity index (χ1v) is 5.63. The summed E-state index contributed by atoms with van der Waals surface area (Å²) in [5.41, 5.74) is 1.94. The Hall–Kier alpha value is -2.30. The van der Waals surface area contributed by atoms with Crippen LogP contribution in [-0.2, 0) is 0 Å². The molecule has 1 unspecified atom stereocenters. The van der Waals surface area contributed by atoms with Crippen molar-refractivity contribution in [1.29, 1.82) is 0 Å². The highest BCUT2D eigenvalue weighted by atomic mass is 16.6. The number of nitrogens with one attached hydrogen (secondary N) is 1. The number of benzene rings is 1. The van der Waals surface area contributed by atoms with Crippen molar-refractivity contribution >= 4 is 5.69 Å². The van der Waals surface area contributed by atoms with E-state index in [2.05, 4.69) is 5.32 Å². The van der Waals surface area contributed by atoms with Gasteiger partial charge in [0.05, 0.1) is 6.26 Å². The quantitative estimate of drug-likeness (QED) is 0.650. The number of furan rings is 1. The SMILES string of the molecule is Cc1cccc(NC(C[N+](=O)[O-])c2ccco2)c1. The molecule has 18 heavy (non-hydrogen) atoms. The molecule has 0 aliphatic rings. The normalized spacial score (nSPS) is 12.1. The Morgan fingerprint density at radius 2 is 2.22 bits per heavy atom. The van der Waals surface area contributed by atoms with Crippen molar-refractivity contribution < 1.29 is 9.34 Å². The van der Waals surface area contributed by atoms with Crippen LogP contribution >= 0.6 is 0 Å². The fourth-order valence-electron chi connectivity index (χ4n) is 1.78. The lowest BCUT2D eigenvalue weighted by atomic mass is 10.2. The second kappa shape index (κ2) is 5.35. The molecule has 0 bridgehead atoms. The van der Waals surface area contributed by atoms with Crippen molar-refractivity contribution in [2.75, 3.05) is 11.9 Å². The van der Waals surface area contributed by atoms with Gasteiger partial charge in [-0.25, -0.2) is 0 Å². The highest BCUT2D eigenvalue weighted by molar-refractivity contribution is 5.46. The molecule has 5 heteroatoms. The first-order chi connectivity index (χ1) is 8.65. The number of anilines is 1. The molecule has 5 nitrogen and oxygen atoms in total. The Bertz CT molecular complexity index is 523. The molecule has 1 N–H and O–H groups in total. The summed E-state index contributed by atoms with van der Waals surface area (Å²) in [4.78, 5) is 10.3. The smallest absolute Gasteiger partial charge is 0.231 e. The van der Waals surface area contributed by atoms with Gasteiger partial charge in [-0.1, -0.05) is 12.1 Å². The van der Waals surface area contributed by atoms with Crippen LogP contribution in [0, 0.1) is 17.0 Å². The van der Waals surface area contributed by atoms with Gasteiger partial charge in [0.1, 0.15) is 11.8 Å². The molecule has 0 radical (unpaired) electrons. The topological polar surface area (TPSA) is 68.3 Å². The number of aryl methyl sites for hydroxylation is 1. The molecular weight excluding hydrogens is 232 g/mol. The average Bonchev–Trinajstić information content (AvgIpc) is 2.80. The lowest BCUT2D eigenvalue weighted by Crippen LogP contribution is -2.19. The molecule has 1 aromatic heterocycles. The fourth-order valence-corrected chi connectivity index (χ4v) is 1.78. The number of nitro groups is 1. The van der Waals surface area contributed by atoms with E-state index < -0.39 is 6.04 Å². The molecule has 1 aromatic carbocycles. The van der Waals surface area contributed by atoms with Crippen LogP contribution in [0.15, 0.2) is 47.1 Å². The molecule has 0 saturated heterocycles. The molecule has 0 amide bonds. The van der Waals surface area contributed by atoms with E-state index in [0.717, 1.165) is 11.3 Å². The summed E-state index contributed by atoms with van der Waals surface area (Å²) in [5.74, 6) is 0.563. The van der Waals surface area contributed by atoms with Gasteiger partial charge in [-0.3, -0.25) is 10.1 Å². The van der Waals surface area contributed by atoms with Crippen molar-refractivity contribution in [2.24, 2.45) is 0 Å². The molecule has 94 valence electrons. The molecule has 2 aromatic rings.